The molecule has 0 aromatic carbocycles. The van der Waals surface area contributed by atoms with Crippen molar-refractivity contribution in [2.45, 2.75) is 51.0 Å². The lowest BCUT2D eigenvalue weighted by molar-refractivity contribution is 0.0698. The second kappa shape index (κ2) is 6.13. The average Bonchev–Trinajstić information content (AvgIpc) is 3.30. The number of pyridine rings is 1. The minimum absolute atomic E-state index is 0.127. The molecule has 0 aliphatic heterocycles. The third-order valence-corrected chi connectivity index (χ3v) is 4.63. The molecule has 0 bridgehead atoms. The van der Waals surface area contributed by atoms with Gasteiger partial charge in [0.25, 0.3) is 5.91 Å². The van der Waals surface area contributed by atoms with E-state index in [4.69, 9.17) is 11.6 Å². The fraction of sp³-hybridized carbons (Fsp3) is 0.625. The van der Waals surface area contributed by atoms with Crippen molar-refractivity contribution in [3.05, 3.63) is 29.0 Å². The van der Waals surface area contributed by atoms with Crippen LogP contribution >= 0.6 is 11.6 Å². The van der Waals surface area contributed by atoms with Crippen molar-refractivity contribution in [2.75, 3.05) is 6.54 Å². The Morgan fingerprint density at radius 3 is 2.55 bits per heavy atom. The predicted molar refractivity (Wildman–Crippen MR) is 79.9 cm³/mol. The molecule has 2 saturated carbocycles. The van der Waals surface area contributed by atoms with E-state index in [9.17, 15) is 4.79 Å². The summed E-state index contributed by atoms with van der Waals surface area (Å²) in [5.74, 6) is 0.816. The van der Waals surface area contributed by atoms with Gasteiger partial charge in [-0.25, -0.2) is 4.98 Å². The van der Waals surface area contributed by atoms with Gasteiger partial charge in [-0.15, -0.1) is 0 Å². The molecule has 2 aliphatic rings. The Kier molecular flexibility index (Phi) is 4.25. The van der Waals surface area contributed by atoms with Gasteiger partial charge in [-0.2, -0.15) is 0 Å². The quantitative estimate of drug-likeness (QED) is 0.788. The van der Waals surface area contributed by atoms with Crippen LogP contribution in [-0.4, -0.2) is 28.4 Å². The summed E-state index contributed by atoms with van der Waals surface area (Å²) in [7, 11) is 0. The molecule has 4 heteroatoms. The normalized spacial score (nSPS) is 19.9. The third-order valence-electron chi connectivity index (χ3n) is 4.40. The van der Waals surface area contributed by atoms with Crippen molar-refractivity contribution in [3.63, 3.8) is 0 Å². The van der Waals surface area contributed by atoms with Crippen LogP contribution in [0.5, 0.6) is 0 Å². The summed E-state index contributed by atoms with van der Waals surface area (Å²) >= 11 is 5.79. The minimum atomic E-state index is 0.127. The highest BCUT2D eigenvalue weighted by Gasteiger charge is 2.34. The maximum Gasteiger partial charge on any atom is 0.255 e. The fourth-order valence-electron chi connectivity index (χ4n) is 3.10. The van der Waals surface area contributed by atoms with Gasteiger partial charge in [0, 0.05) is 18.8 Å². The van der Waals surface area contributed by atoms with Crippen molar-refractivity contribution in [2.24, 2.45) is 5.92 Å². The fourth-order valence-corrected chi connectivity index (χ4v) is 3.21. The van der Waals surface area contributed by atoms with Gasteiger partial charge in [-0.1, -0.05) is 30.9 Å². The molecule has 2 fully saturated rings. The van der Waals surface area contributed by atoms with E-state index in [1.807, 2.05) is 0 Å². The minimum Gasteiger partial charge on any atom is -0.335 e. The molecule has 1 amide bonds. The van der Waals surface area contributed by atoms with E-state index >= 15 is 0 Å². The Labute approximate surface area is 125 Å². The van der Waals surface area contributed by atoms with Gasteiger partial charge in [0.05, 0.1) is 5.56 Å². The predicted octanol–water partition coefficient (Wildman–Crippen LogP) is 3.92. The van der Waals surface area contributed by atoms with Crippen LogP contribution in [0.1, 0.15) is 55.3 Å². The first kappa shape index (κ1) is 13.9. The molecule has 0 saturated heterocycles. The van der Waals surface area contributed by atoms with E-state index in [0.717, 1.165) is 19.4 Å². The van der Waals surface area contributed by atoms with Gasteiger partial charge in [-0.3, -0.25) is 4.79 Å². The monoisotopic (exact) mass is 292 g/mol. The first-order valence-electron chi connectivity index (χ1n) is 7.66. The molecule has 1 aromatic heterocycles. The maximum absolute atomic E-state index is 12.7. The summed E-state index contributed by atoms with van der Waals surface area (Å²) in [6.45, 7) is 0.923. The molecule has 0 spiro atoms. The zero-order chi connectivity index (χ0) is 13.9. The summed E-state index contributed by atoms with van der Waals surface area (Å²) in [5, 5.41) is 0.437. The van der Waals surface area contributed by atoms with E-state index in [1.54, 1.807) is 18.3 Å². The number of hydrogen-bond donors (Lipinski definition) is 0. The van der Waals surface area contributed by atoms with Gasteiger partial charge >= 0.3 is 0 Å². The number of halogens is 1. The molecule has 20 heavy (non-hydrogen) atoms. The zero-order valence-electron chi connectivity index (χ0n) is 11.7. The topological polar surface area (TPSA) is 33.2 Å². The van der Waals surface area contributed by atoms with E-state index in [0.29, 0.717) is 22.7 Å². The Balaban J connectivity index is 1.69. The van der Waals surface area contributed by atoms with Crippen molar-refractivity contribution in [1.82, 2.24) is 9.88 Å². The molecule has 108 valence electrons. The summed E-state index contributed by atoms with van der Waals surface area (Å²) in [6.07, 6.45) is 10.4. The van der Waals surface area contributed by atoms with Crippen molar-refractivity contribution < 1.29 is 4.79 Å². The first-order valence-corrected chi connectivity index (χ1v) is 8.04. The average molecular weight is 293 g/mol. The molecular formula is C16H21ClN2O. The molecule has 1 aromatic rings. The van der Waals surface area contributed by atoms with Crippen LogP contribution in [0.4, 0.5) is 0 Å². The Morgan fingerprint density at radius 1 is 1.20 bits per heavy atom. The molecule has 0 unspecified atom stereocenters. The number of carbonyl (C=O) groups is 1. The Hall–Kier alpha value is -1.09. The molecule has 3 rings (SSSR count). The molecule has 3 nitrogen and oxygen atoms in total. The van der Waals surface area contributed by atoms with Crippen molar-refractivity contribution in [1.29, 1.82) is 0 Å². The molecular weight excluding hydrogens is 272 g/mol. The van der Waals surface area contributed by atoms with Crippen LogP contribution in [-0.2, 0) is 0 Å². The maximum atomic E-state index is 12.7. The van der Waals surface area contributed by atoms with Crippen LogP contribution in [0.15, 0.2) is 18.3 Å². The van der Waals surface area contributed by atoms with E-state index < -0.39 is 0 Å². The smallest absolute Gasteiger partial charge is 0.255 e. The summed E-state index contributed by atoms with van der Waals surface area (Å²) in [4.78, 5) is 18.8. The number of amides is 1. The van der Waals surface area contributed by atoms with Crippen molar-refractivity contribution in [3.8, 4) is 0 Å². The van der Waals surface area contributed by atoms with E-state index in [-0.39, 0.29) is 5.91 Å². The number of aromatic nitrogens is 1. The SMILES string of the molecule is O=C(c1ccc(Cl)nc1)N(CC1CCCCC1)C1CC1. The highest BCUT2D eigenvalue weighted by molar-refractivity contribution is 6.29. The second-order valence-electron chi connectivity index (χ2n) is 6.06. The van der Waals surface area contributed by atoms with Gasteiger partial charge < -0.3 is 4.90 Å². The Morgan fingerprint density at radius 2 is 1.95 bits per heavy atom. The highest BCUT2D eigenvalue weighted by atomic mass is 35.5. The van der Waals surface area contributed by atoms with E-state index in [2.05, 4.69) is 9.88 Å². The summed E-state index contributed by atoms with van der Waals surface area (Å²) in [5.41, 5.74) is 0.664. The summed E-state index contributed by atoms with van der Waals surface area (Å²) < 4.78 is 0. The van der Waals surface area contributed by atoms with Crippen LogP contribution in [0.25, 0.3) is 0 Å². The van der Waals surface area contributed by atoms with Gasteiger partial charge in [0.1, 0.15) is 5.15 Å². The van der Waals surface area contributed by atoms with Crippen LogP contribution in [0, 0.1) is 5.92 Å². The lowest BCUT2D eigenvalue weighted by Gasteiger charge is -2.30. The van der Waals surface area contributed by atoms with Crippen LogP contribution < -0.4 is 0 Å². The molecule has 2 aliphatic carbocycles. The molecule has 1 heterocycles. The lowest BCUT2D eigenvalue weighted by Crippen LogP contribution is -2.37. The second-order valence-corrected chi connectivity index (χ2v) is 6.45. The van der Waals surface area contributed by atoms with Crippen LogP contribution in [0.2, 0.25) is 5.15 Å². The third kappa shape index (κ3) is 3.32. The number of carbonyl (C=O) groups excluding carboxylic acids is 1. The van der Waals surface area contributed by atoms with E-state index in [1.165, 1.54) is 32.1 Å². The highest BCUT2D eigenvalue weighted by Crippen LogP contribution is 2.32. The molecule has 0 N–H and O–H groups in total. The first-order chi connectivity index (χ1) is 9.74. The number of rotatable bonds is 4. The zero-order valence-corrected chi connectivity index (χ0v) is 12.5. The van der Waals surface area contributed by atoms with Crippen molar-refractivity contribution >= 4 is 17.5 Å². The van der Waals surface area contributed by atoms with Gasteiger partial charge in [0.2, 0.25) is 0 Å². The number of hydrogen-bond acceptors (Lipinski definition) is 2. The standard InChI is InChI=1S/C16H21ClN2O/c17-15-9-6-13(10-18-15)16(20)19(14-7-8-14)11-12-4-2-1-3-5-12/h6,9-10,12,14H,1-5,7-8,11H2. The van der Waals surface area contributed by atoms with Crippen LogP contribution in [0.3, 0.4) is 0 Å². The Bertz CT molecular complexity index is 464. The number of nitrogens with zero attached hydrogens (tertiary/aromatic N) is 2. The molecule has 0 radical (unpaired) electrons. The largest absolute Gasteiger partial charge is 0.335 e. The summed E-state index contributed by atoms with van der Waals surface area (Å²) in [6, 6.07) is 3.94. The molecule has 0 atom stereocenters. The lowest BCUT2D eigenvalue weighted by atomic mass is 9.89. The van der Waals surface area contributed by atoms with Gasteiger partial charge in [0.15, 0.2) is 0 Å². The van der Waals surface area contributed by atoms with Gasteiger partial charge in [-0.05, 0) is 43.7 Å².